The summed E-state index contributed by atoms with van der Waals surface area (Å²) >= 11 is 5.89. The van der Waals surface area contributed by atoms with Gasteiger partial charge >= 0.3 is 0 Å². The Labute approximate surface area is 177 Å². The zero-order valence-corrected chi connectivity index (χ0v) is 16.9. The number of aliphatic hydroxyl groups is 1. The van der Waals surface area contributed by atoms with Gasteiger partial charge < -0.3 is 15.2 Å². The summed E-state index contributed by atoms with van der Waals surface area (Å²) in [6, 6.07) is 10.4. The number of rotatable bonds is 3. The van der Waals surface area contributed by atoms with Gasteiger partial charge in [-0.15, -0.1) is 0 Å². The summed E-state index contributed by atoms with van der Waals surface area (Å²) in [7, 11) is 1.79. The molecule has 1 aliphatic heterocycles. The molecule has 2 heterocycles. The number of nitrogens with zero attached hydrogens (tertiary/aromatic N) is 2. The van der Waals surface area contributed by atoms with Gasteiger partial charge in [0.1, 0.15) is 23.4 Å². The van der Waals surface area contributed by atoms with Crippen LogP contribution in [0.15, 0.2) is 47.4 Å². The summed E-state index contributed by atoms with van der Waals surface area (Å²) in [5.41, 5.74) is 1.56. The topological polar surface area (TPSA) is 83.8 Å². The zero-order chi connectivity index (χ0) is 21.3. The molecule has 2 N–H and O–H groups in total. The maximum Gasteiger partial charge on any atom is 0.257 e. The molecule has 0 atom stereocenters. The van der Waals surface area contributed by atoms with Crippen LogP contribution in [0.5, 0.6) is 5.75 Å². The van der Waals surface area contributed by atoms with Gasteiger partial charge in [-0.05, 0) is 29.8 Å². The first-order valence-electron chi connectivity index (χ1n) is 9.18. The first-order chi connectivity index (χ1) is 14.5. The molecule has 0 saturated carbocycles. The first-order valence-corrected chi connectivity index (χ1v) is 9.55. The number of pyridine rings is 1. The maximum atomic E-state index is 13.1. The predicted octanol–water partition coefficient (Wildman–Crippen LogP) is 1.85. The van der Waals surface area contributed by atoms with Crippen molar-refractivity contribution in [3.8, 4) is 17.6 Å². The highest BCUT2D eigenvalue weighted by molar-refractivity contribution is 6.30. The fourth-order valence-electron chi connectivity index (χ4n) is 3.27. The normalized spacial score (nSPS) is 12.2. The van der Waals surface area contributed by atoms with Gasteiger partial charge in [0, 0.05) is 30.4 Å². The molecule has 2 aromatic carbocycles. The minimum Gasteiger partial charge on any atom is -0.469 e. The van der Waals surface area contributed by atoms with Gasteiger partial charge in [-0.2, -0.15) is 0 Å². The van der Waals surface area contributed by atoms with Crippen molar-refractivity contribution in [1.82, 2.24) is 9.99 Å². The van der Waals surface area contributed by atoms with Crippen LogP contribution >= 0.6 is 11.6 Å². The van der Waals surface area contributed by atoms with E-state index in [9.17, 15) is 9.59 Å². The first kappa shape index (κ1) is 19.8. The van der Waals surface area contributed by atoms with Crippen LogP contribution < -0.4 is 20.5 Å². The minimum atomic E-state index is -0.478. The van der Waals surface area contributed by atoms with Gasteiger partial charge in [-0.3, -0.25) is 19.3 Å². The van der Waals surface area contributed by atoms with Crippen molar-refractivity contribution in [2.24, 2.45) is 0 Å². The number of benzene rings is 2. The standard InChI is InChI=1S/C22H18ClN3O4/c1-25-13-30-19-10-15(3-2-8-27)9-17-20(19)26(25)12-18(21(17)28)22(29)24-11-14-4-6-16(23)7-5-14/h4-7,9-10,12,27H,8,11,13H2,1H3,(H,24,29). The van der Waals surface area contributed by atoms with Crippen LogP contribution in [0.4, 0.5) is 0 Å². The smallest absolute Gasteiger partial charge is 0.257 e. The largest absolute Gasteiger partial charge is 0.469 e. The van der Waals surface area contributed by atoms with E-state index in [0.29, 0.717) is 27.2 Å². The molecular formula is C22H18ClN3O4. The van der Waals surface area contributed by atoms with Crippen LogP contribution in [0, 0.1) is 11.8 Å². The van der Waals surface area contributed by atoms with Crippen LogP contribution in [0.2, 0.25) is 5.02 Å². The van der Waals surface area contributed by atoms with E-state index in [0.717, 1.165) is 5.56 Å². The Morgan fingerprint density at radius 3 is 2.80 bits per heavy atom. The molecule has 7 nitrogen and oxygen atoms in total. The molecule has 1 aliphatic rings. The lowest BCUT2D eigenvalue weighted by Gasteiger charge is -2.30. The molecule has 0 aliphatic carbocycles. The molecule has 30 heavy (non-hydrogen) atoms. The molecule has 0 fully saturated rings. The van der Waals surface area contributed by atoms with Crippen LogP contribution in [-0.2, 0) is 6.54 Å². The average molecular weight is 424 g/mol. The van der Waals surface area contributed by atoms with Gasteiger partial charge in [0.2, 0.25) is 5.43 Å². The SMILES string of the molecule is CN1COc2cc(C#CCO)cc3c(=O)c(C(=O)NCc4ccc(Cl)cc4)cn1c23. The summed E-state index contributed by atoms with van der Waals surface area (Å²) in [6.45, 7) is 0.210. The van der Waals surface area contributed by atoms with E-state index in [1.807, 2.05) is 12.1 Å². The van der Waals surface area contributed by atoms with Crippen molar-refractivity contribution in [3.05, 3.63) is 74.5 Å². The number of carbonyl (C=O) groups excluding carboxylic acids is 1. The summed E-state index contributed by atoms with van der Waals surface area (Å²) in [6.07, 6.45) is 1.52. The lowest BCUT2D eigenvalue weighted by atomic mass is 10.1. The number of nitrogens with one attached hydrogen (secondary N) is 1. The van der Waals surface area contributed by atoms with E-state index in [4.69, 9.17) is 21.4 Å². The third-order valence-electron chi connectivity index (χ3n) is 4.74. The molecule has 0 radical (unpaired) electrons. The molecular weight excluding hydrogens is 406 g/mol. The molecule has 1 amide bonds. The quantitative estimate of drug-likeness (QED) is 0.628. The number of hydrogen-bond donors (Lipinski definition) is 2. The van der Waals surface area contributed by atoms with Crippen molar-refractivity contribution in [2.75, 3.05) is 25.4 Å². The molecule has 152 valence electrons. The molecule has 4 rings (SSSR count). The van der Waals surface area contributed by atoms with Gasteiger partial charge in [-0.25, -0.2) is 0 Å². The van der Waals surface area contributed by atoms with Crippen LogP contribution in [0.1, 0.15) is 21.5 Å². The van der Waals surface area contributed by atoms with Gasteiger partial charge in [0.05, 0.1) is 5.39 Å². The zero-order valence-electron chi connectivity index (χ0n) is 16.1. The van der Waals surface area contributed by atoms with E-state index < -0.39 is 11.3 Å². The minimum absolute atomic E-state index is 0.0171. The number of carbonyl (C=O) groups is 1. The number of hydrogen-bond acceptors (Lipinski definition) is 5. The second kappa shape index (κ2) is 8.11. The predicted molar refractivity (Wildman–Crippen MR) is 114 cm³/mol. The molecule has 0 bridgehead atoms. The lowest BCUT2D eigenvalue weighted by Crippen LogP contribution is -2.40. The Kier molecular flexibility index (Phi) is 5.36. The molecule has 3 aromatic rings. The fourth-order valence-corrected chi connectivity index (χ4v) is 3.39. The maximum absolute atomic E-state index is 13.1. The summed E-state index contributed by atoms with van der Waals surface area (Å²) < 4.78 is 7.46. The van der Waals surface area contributed by atoms with Gasteiger partial charge in [-0.1, -0.05) is 35.6 Å². The second-order valence-electron chi connectivity index (χ2n) is 6.79. The van der Waals surface area contributed by atoms with E-state index in [2.05, 4.69) is 17.2 Å². The van der Waals surface area contributed by atoms with Crippen molar-refractivity contribution in [1.29, 1.82) is 0 Å². The van der Waals surface area contributed by atoms with E-state index in [1.165, 1.54) is 6.20 Å². The van der Waals surface area contributed by atoms with E-state index in [1.54, 1.807) is 41.0 Å². The Morgan fingerprint density at radius 1 is 1.30 bits per heavy atom. The average Bonchev–Trinajstić information content (AvgIpc) is 2.75. The van der Waals surface area contributed by atoms with Crippen molar-refractivity contribution in [3.63, 3.8) is 0 Å². The molecule has 0 unspecified atom stereocenters. The molecule has 0 saturated heterocycles. The van der Waals surface area contributed by atoms with Gasteiger partial charge in [0.25, 0.3) is 5.91 Å². The molecule has 8 heteroatoms. The Balaban J connectivity index is 1.76. The lowest BCUT2D eigenvalue weighted by molar-refractivity contribution is 0.0949. The van der Waals surface area contributed by atoms with Crippen LogP contribution in [0.3, 0.4) is 0 Å². The summed E-state index contributed by atoms with van der Waals surface area (Å²) in [4.78, 5) is 26.0. The van der Waals surface area contributed by atoms with E-state index in [-0.39, 0.29) is 25.4 Å². The fraction of sp³-hybridized carbons (Fsp3) is 0.182. The van der Waals surface area contributed by atoms with Crippen molar-refractivity contribution < 1.29 is 14.6 Å². The van der Waals surface area contributed by atoms with Crippen LogP contribution in [-0.4, -0.2) is 36.1 Å². The van der Waals surface area contributed by atoms with Crippen molar-refractivity contribution in [2.45, 2.75) is 6.54 Å². The molecule has 1 aromatic heterocycles. The summed E-state index contributed by atoms with van der Waals surface area (Å²) in [5, 5.41) is 14.4. The van der Waals surface area contributed by atoms with Gasteiger partial charge in [0.15, 0.2) is 6.73 Å². The third-order valence-corrected chi connectivity index (χ3v) is 4.99. The number of halogens is 1. The number of aliphatic hydroxyl groups excluding tert-OH is 1. The Hall–Kier alpha value is -3.47. The van der Waals surface area contributed by atoms with E-state index >= 15 is 0 Å². The third kappa shape index (κ3) is 3.71. The summed E-state index contributed by atoms with van der Waals surface area (Å²) in [5.74, 6) is 5.37. The molecule has 0 spiro atoms. The highest BCUT2D eigenvalue weighted by Crippen LogP contribution is 2.29. The van der Waals surface area contributed by atoms with Crippen LogP contribution in [0.25, 0.3) is 10.9 Å². The number of ether oxygens (including phenoxy) is 1. The number of aromatic nitrogens is 1. The monoisotopic (exact) mass is 423 g/mol. The second-order valence-corrected chi connectivity index (χ2v) is 7.22. The number of amides is 1. The van der Waals surface area contributed by atoms with Crippen molar-refractivity contribution >= 4 is 28.4 Å². The Bertz CT molecular complexity index is 1260. The highest BCUT2D eigenvalue weighted by atomic mass is 35.5. The Morgan fingerprint density at radius 2 is 2.07 bits per heavy atom. The highest BCUT2D eigenvalue weighted by Gasteiger charge is 2.23.